The van der Waals surface area contributed by atoms with E-state index in [-0.39, 0.29) is 5.69 Å². The number of aromatic carboxylic acids is 1. The molecule has 0 atom stereocenters. The number of halogens is 1. The lowest BCUT2D eigenvalue weighted by molar-refractivity contribution is 0.0690. The van der Waals surface area contributed by atoms with Crippen LogP contribution in [0.2, 0.25) is 5.02 Å². The van der Waals surface area contributed by atoms with Crippen molar-refractivity contribution >= 4 is 17.6 Å². The number of para-hydroxylation sites is 1. The van der Waals surface area contributed by atoms with Gasteiger partial charge in [0, 0.05) is 5.69 Å². The van der Waals surface area contributed by atoms with Crippen LogP contribution >= 0.6 is 11.6 Å². The third-order valence-corrected chi connectivity index (χ3v) is 3.19. The Hall–Kier alpha value is -1.81. The highest BCUT2D eigenvalue weighted by molar-refractivity contribution is 6.32. The summed E-state index contributed by atoms with van der Waals surface area (Å²) in [4.78, 5) is 11.0. The highest BCUT2D eigenvalue weighted by Crippen LogP contribution is 2.22. The van der Waals surface area contributed by atoms with E-state index in [0.29, 0.717) is 10.7 Å². The SMILES string of the molecule is CCCCc1cc(C(=O)O)nn1-c1ccccc1Cl. The minimum absolute atomic E-state index is 0.0472. The summed E-state index contributed by atoms with van der Waals surface area (Å²) in [5, 5.41) is 13.7. The van der Waals surface area contributed by atoms with Gasteiger partial charge in [0.15, 0.2) is 5.69 Å². The van der Waals surface area contributed by atoms with E-state index in [1.807, 2.05) is 18.2 Å². The number of hydrogen-bond acceptors (Lipinski definition) is 2. The molecular weight excluding hydrogens is 264 g/mol. The Morgan fingerprint density at radius 2 is 2.16 bits per heavy atom. The van der Waals surface area contributed by atoms with Crippen molar-refractivity contribution in [3.63, 3.8) is 0 Å². The Labute approximate surface area is 116 Å². The zero-order valence-corrected chi connectivity index (χ0v) is 11.4. The number of rotatable bonds is 5. The zero-order chi connectivity index (χ0) is 13.8. The summed E-state index contributed by atoms with van der Waals surface area (Å²) in [6.45, 7) is 2.09. The van der Waals surface area contributed by atoms with Gasteiger partial charge in [-0.05, 0) is 31.0 Å². The molecule has 0 saturated carbocycles. The first kappa shape index (κ1) is 13.6. The molecule has 100 valence electrons. The monoisotopic (exact) mass is 278 g/mol. The fourth-order valence-corrected chi connectivity index (χ4v) is 2.11. The number of aromatic nitrogens is 2. The van der Waals surface area contributed by atoms with Gasteiger partial charge in [-0.25, -0.2) is 9.48 Å². The van der Waals surface area contributed by atoms with Crippen molar-refractivity contribution in [2.75, 3.05) is 0 Å². The summed E-state index contributed by atoms with van der Waals surface area (Å²) in [5.74, 6) is -1.02. The number of unbranched alkanes of at least 4 members (excludes halogenated alkanes) is 1. The van der Waals surface area contributed by atoms with Crippen LogP contribution in [0, 0.1) is 0 Å². The average molecular weight is 279 g/mol. The molecule has 0 unspecified atom stereocenters. The van der Waals surface area contributed by atoms with Crippen LogP contribution in [0.3, 0.4) is 0 Å². The predicted molar refractivity (Wildman–Crippen MR) is 74.1 cm³/mol. The van der Waals surface area contributed by atoms with Crippen molar-refractivity contribution in [2.45, 2.75) is 26.2 Å². The van der Waals surface area contributed by atoms with Gasteiger partial charge in [-0.2, -0.15) is 5.10 Å². The molecule has 19 heavy (non-hydrogen) atoms. The van der Waals surface area contributed by atoms with E-state index in [0.717, 1.165) is 25.0 Å². The molecule has 0 fully saturated rings. The van der Waals surface area contributed by atoms with Gasteiger partial charge in [0.1, 0.15) is 0 Å². The quantitative estimate of drug-likeness (QED) is 0.910. The molecule has 0 bridgehead atoms. The topological polar surface area (TPSA) is 55.1 Å². The fourth-order valence-electron chi connectivity index (χ4n) is 1.89. The summed E-state index contributed by atoms with van der Waals surface area (Å²) in [7, 11) is 0. The van der Waals surface area contributed by atoms with Gasteiger partial charge in [0.25, 0.3) is 0 Å². The molecule has 1 aromatic heterocycles. The standard InChI is InChI=1S/C14H15ClN2O2/c1-2-3-6-10-9-12(14(18)19)16-17(10)13-8-5-4-7-11(13)15/h4-5,7-9H,2-3,6H2,1H3,(H,18,19). The first-order valence-corrected chi connectivity index (χ1v) is 6.58. The summed E-state index contributed by atoms with van der Waals surface area (Å²) in [6.07, 6.45) is 2.80. The lowest BCUT2D eigenvalue weighted by atomic mass is 10.2. The van der Waals surface area contributed by atoms with Crippen LogP contribution in [0.1, 0.15) is 35.9 Å². The second kappa shape index (κ2) is 5.89. The van der Waals surface area contributed by atoms with Crippen LogP contribution in [0.4, 0.5) is 0 Å². The molecule has 2 aromatic rings. The van der Waals surface area contributed by atoms with E-state index in [2.05, 4.69) is 12.0 Å². The third-order valence-electron chi connectivity index (χ3n) is 2.87. The Kier molecular flexibility index (Phi) is 4.22. The molecule has 0 spiro atoms. The largest absolute Gasteiger partial charge is 0.476 e. The first-order valence-electron chi connectivity index (χ1n) is 6.20. The summed E-state index contributed by atoms with van der Waals surface area (Å²) in [5.41, 5.74) is 1.63. The lowest BCUT2D eigenvalue weighted by Crippen LogP contribution is -2.04. The van der Waals surface area contributed by atoms with E-state index < -0.39 is 5.97 Å². The van der Waals surface area contributed by atoms with Crippen molar-refractivity contribution in [2.24, 2.45) is 0 Å². The molecule has 1 N–H and O–H groups in total. The summed E-state index contributed by atoms with van der Waals surface area (Å²) in [6, 6.07) is 8.90. The summed E-state index contributed by atoms with van der Waals surface area (Å²) >= 11 is 6.15. The van der Waals surface area contributed by atoms with Crippen molar-refractivity contribution in [1.82, 2.24) is 9.78 Å². The van der Waals surface area contributed by atoms with E-state index >= 15 is 0 Å². The number of carbonyl (C=O) groups is 1. The summed E-state index contributed by atoms with van der Waals surface area (Å²) < 4.78 is 1.63. The van der Waals surface area contributed by atoms with Gasteiger partial charge in [-0.1, -0.05) is 37.1 Å². The molecular formula is C14H15ClN2O2. The van der Waals surface area contributed by atoms with Crippen LogP contribution in [0.5, 0.6) is 0 Å². The molecule has 0 radical (unpaired) electrons. The van der Waals surface area contributed by atoms with Crippen molar-refractivity contribution in [3.8, 4) is 5.69 Å². The van der Waals surface area contributed by atoms with Gasteiger partial charge < -0.3 is 5.11 Å². The number of carboxylic acid groups (broad SMARTS) is 1. The van der Waals surface area contributed by atoms with Crippen LogP contribution in [-0.2, 0) is 6.42 Å². The van der Waals surface area contributed by atoms with E-state index in [1.165, 1.54) is 0 Å². The highest BCUT2D eigenvalue weighted by atomic mass is 35.5. The van der Waals surface area contributed by atoms with Crippen LogP contribution in [0.15, 0.2) is 30.3 Å². The molecule has 0 amide bonds. The number of hydrogen-bond donors (Lipinski definition) is 1. The molecule has 0 aliphatic carbocycles. The second-order valence-corrected chi connectivity index (χ2v) is 4.70. The minimum atomic E-state index is -1.02. The fraction of sp³-hybridized carbons (Fsp3) is 0.286. The van der Waals surface area contributed by atoms with Crippen LogP contribution in [-0.4, -0.2) is 20.9 Å². The third kappa shape index (κ3) is 2.96. The Morgan fingerprint density at radius 1 is 1.42 bits per heavy atom. The van der Waals surface area contributed by atoms with Gasteiger partial charge in [0.05, 0.1) is 10.7 Å². The predicted octanol–water partition coefficient (Wildman–Crippen LogP) is 3.57. The molecule has 0 aliphatic heterocycles. The van der Waals surface area contributed by atoms with Crippen LogP contribution < -0.4 is 0 Å². The maximum Gasteiger partial charge on any atom is 0.356 e. The molecule has 2 rings (SSSR count). The lowest BCUT2D eigenvalue weighted by Gasteiger charge is -2.08. The van der Waals surface area contributed by atoms with Crippen molar-refractivity contribution in [1.29, 1.82) is 0 Å². The molecule has 1 heterocycles. The highest BCUT2D eigenvalue weighted by Gasteiger charge is 2.15. The van der Waals surface area contributed by atoms with Crippen molar-refractivity contribution < 1.29 is 9.90 Å². The maximum atomic E-state index is 11.0. The number of nitrogens with zero attached hydrogens (tertiary/aromatic N) is 2. The van der Waals surface area contributed by atoms with Gasteiger partial charge in [-0.3, -0.25) is 0 Å². The second-order valence-electron chi connectivity index (χ2n) is 4.29. The van der Waals surface area contributed by atoms with Gasteiger partial charge in [-0.15, -0.1) is 0 Å². The molecule has 5 heteroatoms. The van der Waals surface area contributed by atoms with E-state index in [1.54, 1.807) is 16.8 Å². The maximum absolute atomic E-state index is 11.0. The Morgan fingerprint density at radius 3 is 2.79 bits per heavy atom. The zero-order valence-electron chi connectivity index (χ0n) is 10.6. The van der Waals surface area contributed by atoms with Gasteiger partial charge in [0.2, 0.25) is 0 Å². The smallest absolute Gasteiger partial charge is 0.356 e. The van der Waals surface area contributed by atoms with E-state index in [9.17, 15) is 4.79 Å². The number of aryl methyl sites for hydroxylation is 1. The van der Waals surface area contributed by atoms with E-state index in [4.69, 9.17) is 16.7 Å². The molecule has 4 nitrogen and oxygen atoms in total. The number of benzene rings is 1. The average Bonchev–Trinajstić information content (AvgIpc) is 2.81. The molecule has 0 saturated heterocycles. The minimum Gasteiger partial charge on any atom is -0.476 e. The first-order chi connectivity index (χ1) is 9.13. The number of carboxylic acids is 1. The molecule has 0 aliphatic rings. The normalized spacial score (nSPS) is 10.6. The Bertz CT molecular complexity index is 593. The van der Waals surface area contributed by atoms with Crippen molar-refractivity contribution in [3.05, 3.63) is 46.7 Å². The van der Waals surface area contributed by atoms with Gasteiger partial charge >= 0.3 is 5.97 Å². The Balaban J connectivity index is 2.48. The van der Waals surface area contributed by atoms with Crippen LogP contribution in [0.25, 0.3) is 5.69 Å². The molecule has 1 aromatic carbocycles.